The Bertz CT molecular complexity index is 453. The van der Waals surface area contributed by atoms with E-state index in [1.54, 1.807) is 0 Å². The van der Waals surface area contributed by atoms with Crippen LogP contribution >= 0.6 is 0 Å². The highest BCUT2D eigenvalue weighted by Gasteiger charge is 2.37. The van der Waals surface area contributed by atoms with E-state index in [9.17, 15) is 15.0 Å². The highest BCUT2D eigenvalue weighted by Crippen LogP contribution is 2.19. The maximum Gasteiger partial charge on any atom is 0.200 e. The molecule has 0 aromatic rings. The Morgan fingerprint density at radius 2 is 1.31 bits per heavy atom. The van der Waals surface area contributed by atoms with Gasteiger partial charge in [0, 0.05) is 6.42 Å². The zero-order valence-electron chi connectivity index (χ0n) is 19.0. The van der Waals surface area contributed by atoms with Gasteiger partial charge in [-0.05, 0) is 6.42 Å². The van der Waals surface area contributed by atoms with Crippen LogP contribution in [0.2, 0.25) is 0 Å². The molecule has 0 aliphatic carbocycles. The molecule has 5 nitrogen and oxygen atoms in total. The summed E-state index contributed by atoms with van der Waals surface area (Å²) in [7, 11) is 0. The average Bonchev–Trinajstić information content (AvgIpc) is 3.09. The molecule has 0 spiro atoms. The van der Waals surface area contributed by atoms with Crippen molar-refractivity contribution < 1.29 is 19.5 Å². The van der Waals surface area contributed by atoms with E-state index in [1.165, 1.54) is 89.9 Å². The van der Waals surface area contributed by atoms with Crippen LogP contribution < -0.4 is 5.11 Å². The number of amidine groups is 1. The molecule has 29 heavy (non-hydrogen) atoms. The number of hydrogen-bond acceptors (Lipinski definition) is 4. The number of aliphatic hydroxyl groups is 1. The minimum atomic E-state index is -1.11. The fourth-order valence-corrected chi connectivity index (χ4v) is 4.42. The number of hydrogen-bond donors (Lipinski definition) is 1. The third-order valence-corrected chi connectivity index (χ3v) is 6.33. The number of carboxylic acids is 1. The standard InChI is InChI=1S/C24H46N2O3/c1-2-3-4-5-6-7-8-9-10-11-12-13-14-15-16-17-18-23-25-19-20-26(23,22-27)21-24(28)29/h27H,2-22H2,1H3. The molecule has 0 bridgehead atoms. The second kappa shape index (κ2) is 16.8. The van der Waals surface area contributed by atoms with Crippen molar-refractivity contribution in [1.82, 2.24) is 0 Å². The first-order chi connectivity index (χ1) is 14.1. The van der Waals surface area contributed by atoms with E-state index in [0.717, 1.165) is 25.1 Å². The Morgan fingerprint density at radius 1 is 0.862 bits per heavy atom. The first-order valence-electron chi connectivity index (χ1n) is 12.4. The summed E-state index contributed by atoms with van der Waals surface area (Å²) in [6.07, 6.45) is 22.3. The Kier molecular flexibility index (Phi) is 15.1. The lowest BCUT2D eigenvalue weighted by molar-refractivity contribution is -0.851. The van der Waals surface area contributed by atoms with Crippen molar-refractivity contribution >= 4 is 11.8 Å². The summed E-state index contributed by atoms with van der Waals surface area (Å²) in [5.74, 6) is -0.261. The van der Waals surface area contributed by atoms with Crippen LogP contribution in [0.25, 0.3) is 0 Å². The number of rotatable bonds is 20. The Balaban J connectivity index is 1.91. The lowest BCUT2D eigenvalue weighted by Crippen LogP contribution is -2.56. The van der Waals surface area contributed by atoms with E-state index in [1.807, 2.05) is 0 Å². The number of aliphatic hydroxyl groups excluding tert-OH is 1. The third-order valence-electron chi connectivity index (χ3n) is 6.33. The van der Waals surface area contributed by atoms with Gasteiger partial charge in [-0.2, -0.15) is 0 Å². The van der Waals surface area contributed by atoms with Gasteiger partial charge in [0.05, 0.1) is 12.5 Å². The number of nitrogens with zero attached hydrogens (tertiary/aromatic N) is 2. The summed E-state index contributed by atoms with van der Waals surface area (Å²) in [6, 6.07) is 0. The van der Waals surface area contributed by atoms with Crippen molar-refractivity contribution in [1.29, 1.82) is 0 Å². The first-order valence-corrected chi connectivity index (χ1v) is 12.4. The Morgan fingerprint density at radius 3 is 1.72 bits per heavy atom. The van der Waals surface area contributed by atoms with Crippen LogP contribution in [0.1, 0.15) is 116 Å². The van der Waals surface area contributed by atoms with Crippen molar-refractivity contribution in [3.63, 3.8) is 0 Å². The van der Waals surface area contributed by atoms with Crippen molar-refractivity contribution in [2.75, 3.05) is 26.4 Å². The van der Waals surface area contributed by atoms with Gasteiger partial charge < -0.3 is 15.0 Å². The fourth-order valence-electron chi connectivity index (χ4n) is 4.42. The molecule has 0 aromatic carbocycles. The highest BCUT2D eigenvalue weighted by molar-refractivity contribution is 5.79. The second-order valence-corrected chi connectivity index (χ2v) is 8.89. The van der Waals surface area contributed by atoms with Crippen LogP contribution in [-0.2, 0) is 4.79 Å². The molecule has 0 radical (unpaired) electrons. The van der Waals surface area contributed by atoms with Crippen LogP contribution in [-0.4, -0.2) is 47.8 Å². The van der Waals surface area contributed by atoms with E-state index >= 15 is 0 Å². The topological polar surface area (TPSA) is 72.7 Å². The molecule has 1 aliphatic rings. The highest BCUT2D eigenvalue weighted by atomic mass is 16.4. The van der Waals surface area contributed by atoms with Gasteiger partial charge in [-0.3, -0.25) is 4.48 Å². The predicted octanol–water partition coefficient (Wildman–Crippen LogP) is 4.57. The van der Waals surface area contributed by atoms with Gasteiger partial charge in [-0.25, -0.2) is 4.99 Å². The molecule has 1 unspecified atom stereocenters. The summed E-state index contributed by atoms with van der Waals surface area (Å²) >= 11 is 0. The molecule has 1 heterocycles. The van der Waals surface area contributed by atoms with Crippen molar-refractivity contribution in [3.05, 3.63) is 0 Å². The minimum Gasteiger partial charge on any atom is -0.544 e. The molecule has 0 aromatic heterocycles. The Hall–Kier alpha value is -0.940. The third kappa shape index (κ3) is 11.7. The number of aliphatic imine (C=N–C) groups is 1. The van der Waals surface area contributed by atoms with Crippen LogP contribution in [0, 0.1) is 0 Å². The monoisotopic (exact) mass is 410 g/mol. The summed E-state index contributed by atoms with van der Waals surface area (Å²) in [4.78, 5) is 15.5. The maximum absolute atomic E-state index is 11.0. The summed E-state index contributed by atoms with van der Waals surface area (Å²) < 4.78 is 0.0844. The summed E-state index contributed by atoms with van der Waals surface area (Å²) in [6.45, 7) is 3.12. The van der Waals surface area contributed by atoms with Gasteiger partial charge in [-0.1, -0.05) is 103 Å². The molecule has 0 saturated heterocycles. The molecule has 170 valence electrons. The Labute approximate surface area is 179 Å². The van der Waals surface area contributed by atoms with Crippen LogP contribution in [0.15, 0.2) is 4.99 Å². The number of carboxylic acid groups (broad SMARTS) is 1. The van der Waals surface area contributed by atoms with Crippen molar-refractivity contribution in [2.24, 2.45) is 4.99 Å². The molecule has 0 amide bonds. The quantitative estimate of drug-likeness (QED) is 0.236. The molecule has 1 aliphatic heterocycles. The summed E-state index contributed by atoms with van der Waals surface area (Å²) in [5, 5.41) is 20.7. The van der Waals surface area contributed by atoms with Crippen LogP contribution in [0.3, 0.4) is 0 Å². The smallest absolute Gasteiger partial charge is 0.200 e. The number of aliphatic carboxylic acids is 1. The molecule has 1 atom stereocenters. The minimum absolute atomic E-state index is 0.0844. The van der Waals surface area contributed by atoms with E-state index in [0.29, 0.717) is 13.1 Å². The molecule has 1 rings (SSSR count). The first kappa shape index (κ1) is 26.1. The van der Waals surface area contributed by atoms with E-state index in [2.05, 4.69) is 11.9 Å². The second-order valence-electron chi connectivity index (χ2n) is 8.89. The molecule has 0 saturated carbocycles. The number of unbranched alkanes of at least 4 members (excludes halogenated alkanes) is 15. The van der Waals surface area contributed by atoms with Crippen LogP contribution in [0.5, 0.6) is 0 Å². The molecular weight excluding hydrogens is 364 g/mol. The molecular formula is C24H46N2O3. The largest absolute Gasteiger partial charge is 0.544 e. The van der Waals surface area contributed by atoms with Gasteiger partial charge in [0.1, 0.15) is 13.1 Å². The van der Waals surface area contributed by atoms with E-state index < -0.39 is 5.97 Å². The normalized spacial score (nSPS) is 18.9. The zero-order valence-corrected chi connectivity index (χ0v) is 19.0. The molecule has 0 fully saturated rings. The van der Waals surface area contributed by atoms with Crippen molar-refractivity contribution in [3.8, 4) is 0 Å². The van der Waals surface area contributed by atoms with Gasteiger partial charge in [0.2, 0.25) is 5.84 Å². The lowest BCUT2D eigenvalue weighted by Gasteiger charge is -2.32. The predicted molar refractivity (Wildman–Crippen MR) is 119 cm³/mol. The maximum atomic E-state index is 11.0. The zero-order chi connectivity index (χ0) is 21.2. The van der Waals surface area contributed by atoms with Gasteiger partial charge in [-0.15, -0.1) is 0 Å². The molecule has 1 N–H and O–H groups in total. The summed E-state index contributed by atoms with van der Waals surface area (Å²) in [5.41, 5.74) is 0. The van der Waals surface area contributed by atoms with Crippen LogP contribution in [0.4, 0.5) is 0 Å². The van der Waals surface area contributed by atoms with E-state index in [-0.39, 0.29) is 17.8 Å². The average molecular weight is 411 g/mol. The number of quaternary nitrogens is 1. The number of carbonyl (C=O) groups excluding carboxylic acids is 1. The number of carbonyl (C=O) groups is 1. The van der Waals surface area contributed by atoms with Gasteiger partial charge >= 0.3 is 0 Å². The van der Waals surface area contributed by atoms with Gasteiger partial charge in [0.25, 0.3) is 0 Å². The van der Waals surface area contributed by atoms with E-state index in [4.69, 9.17) is 0 Å². The lowest BCUT2D eigenvalue weighted by atomic mass is 10.0. The SMILES string of the molecule is CCCCCCCCCCCCCCCCCCC1=NCC[N+]1(CO)CC(=O)[O-]. The molecule has 5 heteroatoms. The van der Waals surface area contributed by atoms with Gasteiger partial charge in [0.15, 0.2) is 6.73 Å². The fraction of sp³-hybridized carbons (Fsp3) is 0.917. The van der Waals surface area contributed by atoms with Crippen molar-refractivity contribution in [2.45, 2.75) is 116 Å².